The van der Waals surface area contributed by atoms with E-state index in [4.69, 9.17) is 0 Å². The number of benzene rings is 9. The van der Waals surface area contributed by atoms with Crippen molar-refractivity contribution in [1.82, 2.24) is 13.7 Å². The molecule has 9 aromatic carbocycles. The summed E-state index contributed by atoms with van der Waals surface area (Å²) in [7, 11) is 0. The molecule has 4 nitrogen and oxygen atoms in total. The summed E-state index contributed by atoms with van der Waals surface area (Å²) in [5.41, 5.74) is 20.9. The van der Waals surface area contributed by atoms with Crippen molar-refractivity contribution < 1.29 is 0 Å². The Morgan fingerprint density at radius 3 is 1.59 bits per heavy atom. The first-order valence-corrected chi connectivity index (χ1v) is 23.3. The maximum absolute atomic E-state index is 2.77. The first-order valence-electron chi connectivity index (χ1n) is 23.3. The Kier molecular flexibility index (Phi) is 6.74. The maximum Gasteiger partial charge on any atom is 0.0672 e. The van der Waals surface area contributed by atoms with Gasteiger partial charge in [-0.1, -0.05) is 121 Å². The lowest BCUT2D eigenvalue weighted by Gasteiger charge is -2.30. The monoisotopic (exact) mass is 840 g/mol. The van der Waals surface area contributed by atoms with Crippen molar-refractivity contribution in [2.75, 3.05) is 4.90 Å². The maximum atomic E-state index is 2.77. The fourth-order valence-corrected chi connectivity index (χ4v) is 13.1. The molecule has 2 aliphatic heterocycles. The fraction of sp³-hybridized carbons (Fsp3) is 0.0645. The predicted molar refractivity (Wildman–Crippen MR) is 274 cm³/mol. The molecular weight excluding hydrogens is 801 g/mol. The molecule has 4 heteroatoms. The molecule has 0 amide bonds. The van der Waals surface area contributed by atoms with E-state index in [-0.39, 0.29) is 12.0 Å². The summed E-state index contributed by atoms with van der Waals surface area (Å²) in [6, 6.07) is 75.0. The van der Waals surface area contributed by atoms with Gasteiger partial charge < -0.3 is 18.6 Å². The Bertz CT molecular complexity index is 4070. The van der Waals surface area contributed by atoms with Gasteiger partial charge >= 0.3 is 0 Å². The van der Waals surface area contributed by atoms with Crippen LogP contribution >= 0.6 is 0 Å². The lowest BCUT2D eigenvalue weighted by atomic mass is 9.71. The van der Waals surface area contributed by atoms with Gasteiger partial charge in [0.15, 0.2) is 0 Å². The minimum absolute atomic E-state index is 0.193. The van der Waals surface area contributed by atoms with Crippen LogP contribution in [0.4, 0.5) is 5.69 Å². The largest absolute Gasteiger partial charge is 0.336 e. The number of hydrogen-bond acceptors (Lipinski definition) is 1. The summed E-state index contributed by atoms with van der Waals surface area (Å²) in [5.74, 6) is 0.585. The highest BCUT2D eigenvalue weighted by Crippen LogP contribution is 2.63. The highest BCUT2D eigenvalue weighted by atomic mass is 15.2. The number of allylic oxidation sites excluding steroid dienone is 1. The Labute approximate surface area is 380 Å². The van der Waals surface area contributed by atoms with E-state index in [1.54, 1.807) is 0 Å². The zero-order chi connectivity index (χ0) is 42.8. The third kappa shape index (κ3) is 4.48. The summed E-state index contributed by atoms with van der Waals surface area (Å²) < 4.78 is 7.44. The van der Waals surface area contributed by atoms with E-state index >= 15 is 0 Å². The van der Waals surface area contributed by atoms with Gasteiger partial charge in [0.25, 0.3) is 0 Å². The molecule has 5 heterocycles. The summed E-state index contributed by atoms with van der Waals surface area (Å²) in [4.78, 5) is 2.77. The average Bonchev–Trinajstić information content (AvgIpc) is 4.16. The van der Waals surface area contributed by atoms with Crippen LogP contribution in [0.5, 0.6) is 0 Å². The van der Waals surface area contributed by atoms with Gasteiger partial charge in [-0.15, -0.1) is 0 Å². The molecule has 16 rings (SSSR count). The molecule has 0 radical (unpaired) electrons. The van der Waals surface area contributed by atoms with Crippen molar-refractivity contribution >= 4 is 88.7 Å². The molecule has 308 valence electrons. The van der Waals surface area contributed by atoms with Crippen LogP contribution in [0.3, 0.4) is 0 Å². The molecule has 0 N–H and O–H groups in total. The van der Waals surface area contributed by atoms with Crippen LogP contribution < -0.4 is 4.90 Å². The quantitative estimate of drug-likeness (QED) is 0.173. The van der Waals surface area contributed by atoms with Gasteiger partial charge in [0.2, 0.25) is 0 Å². The van der Waals surface area contributed by atoms with Crippen molar-refractivity contribution in [1.29, 1.82) is 0 Å². The first kappa shape index (κ1) is 35.1. The van der Waals surface area contributed by atoms with E-state index in [0.717, 1.165) is 6.42 Å². The number of aromatic nitrogens is 3. The van der Waals surface area contributed by atoms with E-state index in [0.29, 0.717) is 5.92 Å². The van der Waals surface area contributed by atoms with Crippen LogP contribution in [0.1, 0.15) is 33.9 Å². The second-order valence-electron chi connectivity index (χ2n) is 18.8. The normalized spacial score (nSPS) is 17.9. The zero-order valence-electron chi connectivity index (χ0n) is 35.9. The van der Waals surface area contributed by atoms with Gasteiger partial charge in [-0.2, -0.15) is 0 Å². The molecule has 0 bridgehead atoms. The molecular formula is C62H40N4. The fourth-order valence-electron chi connectivity index (χ4n) is 13.1. The summed E-state index contributed by atoms with van der Waals surface area (Å²) in [6.45, 7) is 0. The van der Waals surface area contributed by atoms with Crippen molar-refractivity contribution in [3.63, 3.8) is 0 Å². The van der Waals surface area contributed by atoms with E-state index in [9.17, 15) is 0 Å². The van der Waals surface area contributed by atoms with Crippen molar-refractivity contribution in [3.8, 4) is 17.1 Å². The SMILES string of the molecule is C1=C2c3cc4ccc(-n5c6ccccc6c6ccccc65)cc4cc3N3C4=Cc5cc(-n6c7ccccc7c7ccccc76)ccc5CC4C(c4c1n(-c1ccccc1)c1ccccc41)C23. The van der Waals surface area contributed by atoms with E-state index in [2.05, 4.69) is 231 Å². The molecule has 1 fully saturated rings. The molecule has 1 saturated heterocycles. The van der Waals surface area contributed by atoms with Crippen molar-refractivity contribution in [2.45, 2.75) is 18.4 Å². The number of anilines is 1. The molecule has 3 unspecified atom stereocenters. The van der Waals surface area contributed by atoms with Gasteiger partial charge in [-0.05, 0) is 130 Å². The molecule has 3 aromatic heterocycles. The van der Waals surface area contributed by atoms with E-state index in [1.807, 2.05) is 0 Å². The number of nitrogens with zero attached hydrogens (tertiary/aromatic N) is 4. The summed E-state index contributed by atoms with van der Waals surface area (Å²) in [6.07, 6.45) is 6.12. The number of para-hydroxylation sites is 6. The van der Waals surface area contributed by atoms with Crippen LogP contribution in [-0.4, -0.2) is 19.7 Å². The minimum Gasteiger partial charge on any atom is -0.336 e. The van der Waals surface area contributed by atoms with Gasteiger partial charge in [0.05, 0.1) is 39.3 Å². The van der Waals surface area contributed by atoms with E-state index in [1.165, 1.54) is 127 Å². The minimum atomic E-state index is 0.193. The number of fused-ring (bicyclic) bond motifs is 18. The molecule has 0 spiro atoms. The Hall–Kier alpha value is -8.34. The lowest BCUT2D eigenvalue weighted by Crippen LogP contribution is -2.29. The second kappa shape index (κ2) is 12.7. The molecule has 4 aliphatic rings. The van der Waals surface area contributed by atoms with E-state index < -0.39 is 0 Å². The van der Waals surface area contributed by atoms with Crippen LogP contribution in [0.15, 0.2) is 206 Å². The topological polar surface area (TPSA) is 18.0 Å². The highest BCUT2D eigenvalue weighted by molar-refractivity contribution is 6.12. The second-order valence-corrected chi connectivity index (χ2v) is 18.8. The summed E-state index contributed by atoms with van der Waals surface area (Å²) >= 11 is 0. The van der Waals surface area contributed by atoms with Gasteiger partial charge in [-0.25, -0.2) is 0 Å². The highest BCUT2D eigenvalue weighted by Gasteiger charge is 2.56. The van der Waals surface area contributed by atoms with Gasteiger partial charge in [0, 0.05) is 72.8 Å². The van der Waals surface area contributed by atoms with Crippen LogP contribution in [0, 0.1) is 5.92 Å². The smallest absolute Gasteiger partial charge is 0.0672 e. The van der Waals surface area contributed by atoms with Gasteiger partial charge in [-0.3, -0.25) is 0 Å². The molecule has 2 aliphatic carbocycles. The lowest BCUT2D eigenvalue weighted by molar-refractivity contribution is 0.525. The van der Waals surface area contributed by atoms with Crippen LogP contribution in [0.2, 0.25) is 0 Å². The zero-order valence-corrected chi connectivity index (χ0v) is 35.9. The molecule has 0 saturated carbocycles. The number of hydrogen-bond donors (Lipinski definition) is 0. The molecule has 3 atom stereocenters. The third-order valence-corrected chi connectivity index (χ3v) is 15.7. The number of rotatable bonds is 3. The Morgan fingerprint density at radius 2 is 0.955 bits per heavy atom. The first-order chi connectivity index (χ1) is 32.7. The molecule has 12 aromatic rings. The molecule has 66 heavy (non-hydrogen) atoms. The average molecular weight is 841 g/mol. The van der Waals surface area contributed by atoms with Crippen LogP contribution in [-0.2, 0) is 6.42 Å². The Morgan fingerprint density at radius 1 is 0.409 bits per heavy atom. The van der Waals surface area contributed by atoms with Crippen molar-refractivity contribution in [3.05, 3.63) is 234 Å². The van der Waals surface area contributed by atoms with Crippen LogP contribution in [0.25, 0.3) is 100 Å². The van der Waals surface area contributed by atoms with Crippen molar-refractivity contribution in [2.24, 2.45) is 5.92 Å². The Balaban J connectivity index is 0.938. The standard InChI is InChI=1S/C62H40N4/c1-2-14-41(15-3-1)63-56-25-13-8-20-48(56)60-59(63)36-50-49-32-37-26-28-42(64-52-21-9-4-16-44(52)45-17-5-10-22-53(45)64)30-39(37)34-57(49)66-58-35-40-31-43(29-27-38(40)33-51(58)61(60)62(50)66)65-54-23-11-6-18-46(54)47-19-7-12-24-55(47)65/h1-32,34-36,51,61-62H,33H2. The predicted octanol–water partition coefficient (Wildman–Crippen LogP) is 15.0. The third-order valence-electron chi connectivity index (χ3n) is 15.7. The summed E-state index contributed by atoms with van der Waals surface area (Å²) in [5, 5.41) is 9.03. The van der Waals surface area contributed by atoms with Gasteiger partial charge in [0.1, 0.15) is 0 Å².